The number of ether oxygens (including phenoxy) is 1. The number of benzene rings is 2. The van der Waals surface area contributed by atoms with Crippen LogP contribution >= 0.6 is 0 Å². The summed E-state index contributed by atoms with van der Waals surface area (Å²) in [5.74, 6) is 0.0154. The second kappa shape index (κ2) is 7.96. The first kappa shape index (κ1) is 19.8. The van der Waals surface area contributed by atoms with E-state index in [0.717, 1.165) is 37.7 Å². The highest BCUT2D eigenvalue weighted by molar-refractivity contribution is 5.88. The fraction of sp³-hybridized carbons (Fsp3) is 0.286. The Hall–Kier alpha value is -2.96. The summed E-state index contributed by atoms with van der Waals surface area (Å²) in [7, 11) is 0. The van der Waals surface area contributed by atoms with Gasteiger partial charge in [0.05, 0.1) is 17.7 Å². The van der Waals surface area contributed by atoms with Gasteiger partial charge in [0, 0.05) is 12.1 Å². The van der Waals surface area contributed by atoms with Crippen molar-refractivity contribution in [1.82, 2.24) is 0 Å². The third-order valence-corrected chi connectivity index (χ3v) is 4.35. The molecule has 148 valence electrons. The van der Waals surface area contributed by atoms with Crippen LogP contribution in [0.1, 0.15) is 31.7 Å². The van der Waals surface area contributed by atoms with Gasteiger partial charge in [0.25, 0.3) is 0 Å². The molecule has 1 N–H and O–H groups in total. The Morgan fingerprint density at radius 2 is 1.93 bits per heavy atom. The van der Waals surface area contributed by atoms with Gasteiger partial charge in [-0.1, -0.05) is 31.9 Å². The molecule has 0 atom stereocenters. The Balaban J connectivity index is 2.00. The first-order chi connectivity index (χ1) is 13.3. The second-order valence-corrected chi connectivity index (χ2v) is 6.43. The van der Waals surface area contributed by atoms with Gasteiger partial charge < -0.3 is 14.3 Å². The highest BCUT2D eigenvalue weighted by atomic mass is 19.4. The van der Waals surface area contributed by atoms with Gasteiger partial charge in [0.15, 0.2) is 0 Å². The van der Waals surface area contributed by atoms with Crippen LogP contribution in [-0.4, -0.2) is 11.7 Å². The molecule has 28 heavy (non-hydrogen) atoms. The lowest BCUT2D eigenvalue weighted by Crippen LogP contribution is -2.08. The smallest absolute Gasteiger partial charge is 0.416 e. The molecule has 0 spiro atoms. The molecule has 0 amide bonds. The molecule has 0 aliphatic heterocycles. The van der Waals surface area contributed by atoms with Crippen LogP contribution in [-0.2, 0) is 6.18 Å². The molecule has 0 unspecified atom stereocenters. The second-order valence-electron chi connectivity index (χ2n) is 6.43. The summed E-state index contributed by atoms with van der Waals surface area (Å²) in [5, 5.41) is 10.2. The maximum atomic E-state index is 12.9. The molecule has 1 heterocycles. The molecule has 2 aromatic carbocycles. The van der Waals surface area contributed by atoms with Crippen molar-refractivity contribution < 1.29 is 27.4 Å². The summed E-state index contributed by atoms with van der Waals surface area (Å²) < 4.78 is 49.8. The van der Waals surface area contributed by atoms with Crippen LogP contribution in [0.5, 0.6) is 11.5 Å². The Kier molecular flexibility index (Phi) is 5.63. The molecule has 7 heteroatoms. The van der Waals surface area contributed by atoms with E-state index in [9.17, 15) is 23.1 Å². The summed E-state index contributed by atoms with van der Waals surface area (Å²) in [6.45, 7) is 2.53. The van der Waals surface area contributed by atoms with E-state index in [4.69, 9.17) is 9.15 Å². The van der Waals surface area contributed by atoms with E-state index in [1.165, 1.54) is 24.3 Å². The van der Waals surface area contributed by atoms with E-state index >= 15 is 0 Å². The fourth-order valence-electron chi connectivity index (χ4n) is 2.90. The maximum Gasteiger partial charge on any atom is 0.416 e. The van der Waals surface area contributed by atoms with Crippen LogP contribution < -0.4 is 10.2 Å². The van der Waals surface area contributed by atoms with E-state index in [-0.39, 0.29) is 27.8 Å². The quantitative estimate of drug-likeness (QED) is 0.543. The Morgan fingerprint density at radius 3 is 2.64 bits per heavy atom. The van der Waals surface area contributed by atoms with E-state index in [1.807, 2.05) is 0 Å². The summed E-state index contributed by atoms with van der Waals surface area (Å²) in [6, 6.07) is 7.19. The van der Waals surface area contributed by atoms with Gasteiger partial charge in [-0.15, -0.1) is 0 Å². The third kappa shape index (κ3) is 4.13. The lowest BCUT2D eigenvalue weighted by atomic mass is 10.0. The molecule has 0 radical (unpaired) electrons. The zero-order valence-corrected chi connectivity index (χ0v) is 15.2. The predicted octanol–water partition coefficient (Wildman–Crippen LogP) is 5.75. The van der Waals surface area contributed by atoms with Gasteiger partial charge >= 0.3 is 6.18 Å². The van der Waals surface area contributed by atoms with Crippen LogP contribution in [0.3, 0.4) is 0 Å². The summed E-state index contributed by atoms with van der Waals surface area (Å²) in [4.78, 5) is 12.8. The van der Waals surface area contributed by atoms with Crippen LogP contribution in [0, 0.1) is 0 Å². The zero-order chi connectivity index (χ0) is 20.3. The molecule has 0 aliphatic carbocycles. The maximum absolute atomic E-state index is 12.9. The molecule has 0 aliphatic rings. The van der Waals surface area contributed by atoms with E-state index in [1.54, 1.807) is 0 Å². The van der Waals surface area contributed by atoms with Crippen molar-refractivity contribution in [3.05, 3.63) is 58.4 Å². The van der Waals surface area contributed by atoms with Crippen molar-refractivity contribution in [2.75, 3.05) is 6.61 Å². The average Bonchev–Trinajstić information content (AvgIpc) is 2.64. The normalized spacial score (nSPS) is 11.7. The molecular weight excluding hydrogens is 373 g/mol. The van der Waals surface area contributed by atoms with Gasteiger partial charge in [-0.2, -0.15) is 13.2 Å². The van der Waals surface area contributed by atoms with E-state index in [2.05, 4.69) is 6.92 Å². The van der Waals surface area contributed by atoms with Crippen molar-refractivity contribution in [1.29, 1.82) is 0 Å². The minimum Gasteiger partial charge on any atom is -0.507 e. The number of alkyl halides is 3. The lowest BCUT2D eigenvalue weighted by Gasteiger charge is -2.10. The number of aromatic hydroxyl groups is 1. The number of halogens is 3. The molecule has 0 bridgehead atoms. The Morgan fingerprint density at radius 1 is 1.14 bits per heavy atom. The fourth-order valence-corrected chi connectivity index (χ4v) is 2.90. The molecule has 0 saturated heterocycles. The van der Waals surface area contributed by atoms with E-state index in [0.29, 0.717) is 12.4 Å². The lowest BCUT2D eigenvalue weighted by molar-refractivity contribution is -0.137. The Labute approximate surface area is 159 Å². The first-order valence-electron chi connectivity index (χ1n) is 8.90. The van der Waals surface area contributed by atoms with Crippen LogP contribution in [0.4, 0.5) is 13.2 Å². The number of rotatable bonds is 6. The number of hydrogen-bond acceptors (Lipinski definition) is 4. The molecule has 4 nitrogen and oxygen atoms in total. The number of phenolic OH excluding ortho intramolecular Hbond substituents is 1. The standard InChI is InChI=1S/C21H19F3O4/c1-2-3-4-8-27-15-10-17(25)19-18(11-15)28-12-16(20(19)26)13-6-5-7-14(9-13)21(22,23)24/h5-7,9-12,25H,2-4,8H2,1H3. The molecule has 0 saturated carbocycles. The number of phenols is 1. The number of unbranched alkanes of at least 4 members (excludes halogenated alkanes) is 2. The van der Waals surface area contributed by atoms with Crippen molar-refractivity contribution >= 4 is 11.0 Å². The molecular formula is C21H19F3O4. The monoisotopic (exact) mass is 392 g/mol. The Bertz CT molecular complexity index is 1040. The largest absolute Gasteiger partial charge is 0.507 e. The predicted molar refractivity (Wildman–Crippen MR) is 99.6 cm³/mol. The van der Waals surface area contributed by atoms with Crippen molar-refractivity contribution in [3.8, 4) is 22.6 Å². The highest BCUT2D eigenvalue weighted by Gasteiger charge is 2.30. The molecule has 3 aromatic rings. The molecule has 1 aromatic heterocycles. The summed E-state index contributed by atoms with van der Waals surface area (Å²) in [6.07, 6.45) is -0.526. The summed E-state index contributed by atoms with van der Waals surface area (Å²) in [5.41, 5.74) is -1.39. The van der Waals surface area contributed by atoms with Crippen molar-refractivity contribution in [2.24, 2.45) is 0 Å². The summed E-state index contributed by atoms with van der Waals surface area (Å²) >= 11 is 0. The van der Waals surface area contributed by atoms with Crippen molar-refractivity contribution in [3.63, 3.8) is 0 Å². The van der Waals surface area contributed by atoms with Crippen molar-refractivity contribution in [2.45, 2.75) is 32.4 Å². The van der Waals surface area contributed by atoms with Crippen LogP contribution in [0.2, 0.25) is 0 Å². The van der Waals surface area contributed by atoms with E-state index < -0.39 is 17.2 Å². The third-order valence-electron chi connectivity index (χ3n) is 4.35. The SMILES string of the molecule is CCCCCOc1cc(O)c2c(=O)c(-c3cccc(C(F)(F)F)c3)coc2c1. The van der Waals surface area contributed by atoms with Crippen LogP contribution in [0.15, 0.2) is 51.9 Å². The minimum absolute atomic E-state index is 0.0600. The highest BCUT2D eigenvalue weighted by Crippen LogP contribution is 2.33. The number of fused-ring (bicyclic) bond motifs is 1. The minimum atomic E-state index is -4.53. The van der Waals surface area contributed by atoms with Gasteiger partial charge in [-0.05, 0) is 24.1 Å². The molecule has 3 rings (SSSR count). The van der Waals surface area contributed by atoms with Gasteiger partial charge in [0.1, 0.15) is 28.7 Å². The van der Waals surface area contributed by atoms with Gasteiger partial charge in [-0.25, -0.2) is 0 Å². The first-order valence-corrected chi connectivity index (χ1v) is 8.90. The number of hydrogen-bond donors (Lipinski definition) is 1. The average molecular weight is 392 g/mol. The van der Waals surface area contributed by atoms with Gasteiger partial charge in [-0.3, -0.25) is 4.79 Å². The van der Waals surface area contributed by atoms with Crippen LogP contribution in [0.25, 0.3) is 22.1 Å². The molecule has 0 fully saturated rings. The zero-order valence-electron chi connectivity index (χ0n) is 15.2. The van der Waals surface area contributed by atoms with Gasteiger partial charge in [0.2, 0.25) is 5.43 Å². The topological polar surface area (TPSA) is 59.7 Å².